The number of anilines is 1. The van der Waals surface area contributed by atoms with Gasteiger partial charge >= 0.3 is 0 Å². The number of nitrogens with one attached hydrogen (secondary N) is 2. The number of rotatable bonds is 9. The second-order valence-electron chi connectivity index (χ2n) is 6.89. The van der Waals surface area contributed by atoms with Crippen LogP contribution in [-0.2, 0) is 0 Å². The molecule has 0 aliphatic carbocycles. The Morgan fingerprint density at radius 3 is 2.00 bits per heavy atom. The lowest BCUT2D eigenvalue weighted by Crippen LogP contribution is -2.21. The van der Waals surface area contributed by atoms with Gasteiger partial charge in [-0.3, -0.25) is 9.59 Å². The quantitative estimate of drug-likeness (QED) is 0.370. The van der Waals surface area contributed by atoms with Gasteiger partial charge in [-0.2, -0.15) is 5.10 Å². The molecule has 2 amide bonds. The van der Waals surface area contributed by atoms with Crippen LogP contribution in [0, 0.1) is 0 Å². The minimum atomic E-state index is -0.546. The van der Waals surface area contributed by atoms with Gasteiger partial charge in [-0.25, -0.2) is 5.43 Å². The third kappa shape index (κ3) is 5.63. The molecule has 0 radical (unpaired) electrons. The van der Waals surface area contributed by atoms with E-state index in [0.29, 0.717) is 28.6 Å². The maximum Gasteiger partial charge on any atom is 0.273 e. The number of hydrogen-bond acceptors (Lipinski definition) is 7. The Hall–Kier alpha value is -4.53. The van der Waals surface area contributed by atoms with Crippen molar-refractivity contribution < 1.29 is 28.5 Å². The van der Waals surface area contributed by atoms with Gasteiger partial charge in [-0.15, -0.1) is 0 Å². The predicted molar refractivity (Wildman–Crippen MR) is 129 cm³/mol. The fourth-order valence-electron chi connectivity index (χ4n) is 3.11. The molecule has 3 rings (SSSR count). The summed E-state index contributed by atoms with van der Waals surface area (Å²) in [6.45, 7) is 0. The first kappa shape index (κ1) is 24.1. The van der Waals surface area contributed by atoms with Gasteiger partial charge in [-0.1, -0.05) is 30.3 Å². The number of nitrogens with zero attached hydrogens (tertiary/aromatic N) is 1. The molecule has 0 saturated carbocycles. The van der Waals surface area contributed by atoms with Crippen LogP contribution >= 0.6 is 0 Å². The van der Waals surface area contributed by atoms with E-state index in [2.05, 4.69) is 15.8 Å². The fraction of sp³-hybridized carbons (Fsp3) is 0.160. The average molecular weight is 463 g/mol. The lowest BCUT2D eigenvalue weighted by molar-refractivity contribution is 0.0955. The van der Waals surface area contributed by atoms with E-state index in [0.717, 1.165) is 5.56 Å². The zero-order valence-corrected chi connectivity index (χ0v) is 19.2. The number of amides is 2. The molecule has 0 saturated heterocycles. The average Bonchev–Trinajstić information content (AvgIpc) is 2.88. The number of carbonyl (C=O) groups is 2. The Balaban J connectivity index is 1.90. The molecule has 0 unspecified atom stereocenters. The molecule has 0 aromatic heterocycles. The summed E-state index contributed by atoms with van der Waals surface area (Å²) in [7, 11) is 5.90. The summed E-state index contributed by atoms with van der Waals surface area (Å²) in [5.74, 6) is 0.543. The monoisotopic (exact) mass is 463 g/mol. The van der Waals surface area contributed by atoms with Crippen LogP contribution in [0.5, 0.6) is 23.0 Å². The number of carbonyl (C=O) groups excluding carboxylic acids is 2. The van der Waals surface area contributed by atoms with Crippen LogP contribution in [0.1, 0.15) is 26.3 Å². The highest BCUT2D eigenvalue weighted by molar-refractivity contribution is 6.09. The van der Waals surface area contributed by atoms with Crippen LogP contribution in [0.3, 0.4) is 0 Å². The van der Waals surface area contributed by atoms with E-state index in [9.17, 15) is 9.59 Å². The van der Waals surface area contributed by atoms with Gasteiger partial charge in [0.15, 0.2) is 23.0 Å². The van der Waals surface area contributed by atoms with Crippen molar-refractivity contribution in [3.63, 3.8) is 0 Å². The number of hydrogen-bond donors (Lipinski definition) is 2. The van der Waals surface area contributed by atoms with Crippen molar-refractivity contribution in [2.45, 2.75) is 0 Å². The Kier molecular flexibility index (Phi) is 8.07. The SMILES string of the molecule is COc1ccc(C(=O)Nc2cc(OC)c(OC)cc2C(=O)N/N=C/c2ccccc2)cc1OC. The molecule has 3 aromatic rings. The van der Waals surface area contributed by atoms with Crippen molar-refractivity contribution in [1.29, 1.82) is 0 Å². The zero-order valence-electron chi connectivity index (χ0n) is 19.2. The van der Waals surface area contributed by atoms with Gasteiger partial charge in [0.05, 0.1) is 45.9 Å². The lowest BCUT2D eigenvalue weighted by atomic mass is 10.1. The molecule has 9 nitrogen and oxygen atoms in total. The van der Waals surface area contributed by atoms with Crippen LogP contribution in [0.15, 0.2) is 65.8 Å². The van der Waals surface area contributed by atoms with Crippen molar-refractivity contribution in [3.8, 4) is 23.0 Å². The first-order chi connectivity index (χ1) is 16.5. The Labute approximate surface area is 197 Å². The first-order valence-corrected chi connectivity index (χ1v) is 10.2. The molecule has 0 aliphatic heterocycles. The second-order valence-corrected chi connectivity index (χ2v) is 6.89. The first-order valence-electron chi connectivity index (χ1n) is 10.2. The standard InChI is InChI=1S/C25H25N3O6/c1-31-20-11-10-17(12-21(20)32-2)24(29)27-19-14-23(34-4)22(33-3)13-18(19)25(30)28-26-15-16-8-6-5-7-9-16/h5-15H,1-4H3,(H,27,29)(H,28,30)/b26-15+. The van der Waals surface area contributed by atoms with Crippen molar-refractivity contribution in [1.82, 2.24) is 5.43 Å². The van der Waals surface area contributed by atoms with Gasteiger partial charge in [0.2, 0.25) is 0 Å². The largest absolute Gasteiger partial charge is 0.493 e. The van der Waals surface area contributed by atoms with Gasteiger partial charge in [-0.05, 0) is 29.8 Å². The van der Waals surface area contributed by atoms with Gasteiger partial charge in [0, 0.05) is 11.6 Å². The van der Waals surface area contributed by atoms with Gasteiger partial charge in [0.1, 0.15) is 0 Å². The number of ether oxygens (including phenoxy) is 4. The highest BCUT2D eigenvalue weighted by atomic mass is 16.5. The van der Waals surface area contributed by atoms with E-state index in [1.165, 1.54) is 46.8 Å². The molecule has 9 heteroatoms. The molecule has 3 aromatic carbocycles. The Morgan fingerprint density at radius 1 is 0.735 bits per heavy atom. The summed E-state index contributed by atoms with van der Waals surface area (Å²) >= 11 is 0. The van der Waals surface area contributed by atoms with Gasteiger partial charge < -0.3 is 24.3 Å². The number of hydrazone groups is 1. The van der Waals surface area contributed by atoms with Crippen LogP contribution in [-0.4, -0.2) is 46.5 Å². The van der Waals surface area contributed by atoms with Crippen LogP contribution in [0.2, 0.25) is 0 Å². The lowest BCUT2D eigenvalue weighted by Gasteiger charge is -2.15. The molecule has 34 heavy (non-hydrogen) atoms. The predicted octanol–water partition coefficient (Wildman–Crippen LogP) is 3.74. The molecule has 0 atom stereocenters. The molecule has 0 heterocycles. The normalized spacial score (nSPS) is 10.5. The molecule has 176 valence electrons. The van der Waals surface area contributed by atoms with Crippen molar-refractivity contribution in [2.75, 3.05) is 33.8 Å². The molecule has 2 N–H and O–H groups in total. The molecule has 0 aliphatic rings. The zero-order chi connectivity index (χ0) is 24.5. The summed E-state index contributed by atoms with van der Waals surface area (Å²) in [5.41, 5.74) is 3.94. The number of methoxy groups -OCH3 is 4. The highest BCUT2D eigenvalue weighted by Gasteiger charge is 2.20. The topological polar surface area (TPSA) is 107 Å². The minimum Gasteiger partial charge on any atom is -0.493 e. The summed E-state index contributed by atoms with van der Waals surface area (Å²) < 4.78 is 21.1. The van der Waals surface area contributed by atoms with E-state index in [1.54, 1.807) is 18.2 Å². The van der Waals surface area contributed by atoms with E-state index in [-0.39, 0.29) is 11.3 Å². The second kappa shape index (κ2) is 11.4. The molecule has 0 bridgehead atoms. The van der Waals surface area contributed by atoms with E-state index >= 15 is 0 Å². The number of benzene rings is 3. The Bertz CT molecular complexity index is 1190. The third-order valence-corrected chi connectivity index (χ3v) is 4.84. The molecular formula is C25H25N3O6. The van der Waals surface area contributed by atoms with E-state index in [4.69, 9.17) is 18.9 Å². The maximum atomic E-state index is 13.0. The smallest absolute Gasteiger partial charge is 0.273 e. The van der Waals surface area contributed by atoms with Crippen molar-refractivity contribution >= 4 is 23.7 Å². The van der Waals surface area contributed by atoms with Crippen molar-refractivity contribution in [3.05, 3.63) is 77.4 Å². The molecule has 0 spiro atoms. The third-order valence-electron chi connectivity index (χ3n) is 4.84. The maximum absolute atomic E-state index is 13.0. The fourth-order valence-corrected chi connectivity index (χ4v) is 3.11. The van der Waals surface area contributed by atoms with Crippen LogP contribution in [0.25, 0.3) is 0 Å². The van der Waals surface area contributed by atoms with E-state index in [1.807, 2.05) is 30.3 Å². The highest BCUT2D eigenvalue weighted by Crippen LogP contribution is 2.34. The van der Waals surface area contributed by atoms with E-state index < -0.39 is 11.8 Å². The van der Waals surface area contributed by atoms with Crippen molar-refractivity contribution in [2.24, 2.45) is 5.10 Å². The van der Waals surface area contributed by atoms with Crippen LogP contribution in [0.4, 0.5) is 5.69 Å². The van der Waals surface area contributed by atoms with Crippen LogP contribution < -0.4 is 29.7 Å². The summed E-state index contributed by atoms with van der Waals surface area (Å²) in [4.78, 5) is 25.9. The summed E-state index contributed by atoms with van der Waals surface area (Å²) in [6, 6.07) is 17.0. The van der Waals surface area contributed by atoms with Gasteiger partial charge in [0.25, 0.3) is 11.8 Å². The summed E-state index contributed by atoms with van der Waals surface area (Å²) in [5, 5.41) is 6.74. The molecular weight excluding hydrogens is 438 g/mol. The minimum absolute atomic E-state index is 0.136. The molecule has 0 fully saturated rings. The summed E-state index contributed by atoms with van der Waals surface area (Å²) in [6.07, 6.45) is 1.51. The Morgan fingerprint density at radius 2 is 1.35 bits per heavy atom.